The van der Waals surface area contributed by atoms with E-state index in [1.807, 2.05) is 36.4 Å². The van der Waals surface area contributed by atoms with Gasteiger partial charge in [0.1, 0.15) is 0 Å². The quantitative estimate of drug-likeness (QED) is 0.898. The van der Waals surface area contributed by atoms with Gasteiger partial charge in [-0.1, -0.05) is 28.1 Å². The van der Waals surface area contributed by atoms with Crippen LogP contribution in [0.5, 0.6) is 0 Å². The number of aryl methyl sites for hydroxylation is 1. The first kappa shape index (κ1) is 12.1. The van der Waals surface area contributed by atoms with Gasteiger partial charge in [-0.25, -0.2) is 0 Å². The maximum atomic E-state index is 5.56. The third-order valence-corrected chi connectivity index (χ3v) is 3.53. The van der Waals surface area contributed by atoms with E-state index in [-0.39, 0.29) is 0 Å². The van der Waals surface area contributed by atoms with E-state index >= 15 is 0 Å². The molecule has 3 N–H and O–H groups in total. The van der Waals surface area contributed by atoms with Crippen molar-refractivity contribution in [1.29, 1.82) is 0 Å². The zero-order valence-corrected chi connectivity index (χ0v) is 11.3. The summed E-state index contributed by atoms with van der Waals surface area (Å²) in [5.74, 6) is 0. The smallest absolute Gasteiger partial charge is 0.0387 e. The Labute approximate surface area is 110 Å². The molecule has 0 fully saturated rings. The highest BCUT2D eigenvalue weighted by Gasteiger charge is 1.98. The van der Waals surface area contributed by atoms with Crippen LogP contribution in [0.4, 0.5) is 11.4 Å². The van der Waals surface area contributed by atoms with Crippen LogP contribution in [0.15, 0.2) is 46.9 Å². The summed E-state index contributed by atoms with van der Waals surface area (Å²) in [7, 11) is 0. The maximum Gasteiger partial charge on any atom is 0.0387 e. The Bertz CT molecular complexity index is 506. The molecule has 17 heavy (non-hydrogen) atoms. The molecule has 0 aromatic heterocycles. The predicted octanol–water partition coefficient (Wildman–Crippen LogP) is 3.96. The predicted molar refractivity (Wildman–Crippen MR) is 76.5 cm³/mol. The monoisotopic (exact) mass is 290 g/mol. The second kappa shape index (κ2) is 5.34. The first-order valence-electron chi connectivity index (χ1n) is 5.51. The zero-order valence-electron chi connectivity index (χ0n) is 9.70. The van der Waals surface area contributed by atoms with Gasteiger partial charge >= 0.3 is 0 Å². The summed E-state index contributed by atoms with van der Waals surface area (Å²) >= 11 is 3.49. The van der Waals surface area contributed by atoms with Crippen LogP contribution in [0.1, 0.15) is 11.1 Å². The highest BCUT2D eigenvalue weighted by atomic mass is 79.9. The summed E-state index contributed by atoms with van der Waals surface area (Å²) in [4.78, 5) is 0. The van der Waals surface area contributed by atoms with Crippen molar-refractivity contribution in [3.05, 3.63) is 58.1 Å². The van der Waals surface area contributed by atoms with Crippen molar-refractivity contribution >= 4 is 27.3 Å². The molecule has 0 aliphatic heterocycles. The minimum absolute atomic E-state index is 0.581. The maximum absolute atomic E-state index is 5.56. The van der Waals surface area contributed by atoms with Crippen molar-refractivity contribution in [1.82, 2.24) is 0 Å². The Morgan fingerprint density at radius 3 is 2.29 bits per heavy atom. The summed E-state index contributed by atoms with van der Waals surface area (Å²) in [6.07, 6.45) is 0. The SMILES string of the molecule is Cc1cc(Nc2ccc(CN)cc2)ccc1Br. The number of benzene rings is 2. The lowest BCUT2D eigenvalue weighted by Crippen LogP contribution is -1.96. The Morgan fingerprint density at radius 2 is 1.71 bits per heavy atom. The molecule has 0 amide bonds. The second-order valence-electron chi connectivity index (χ2n) is 3.99. The van der Waals surface area contributed by atoms with Crippen LogP contribution in [0, 0.1) is 6.92 Å². The van der Waals surface area contributed by atoms with E-state index in [0.717, 1.165) is 21.4 Å². The fraction of sp³-hybridized carbons (Fsp3) is 0.143. The lowest BCUT2D eigenvalue weighted by atomic mass is 10.2. The number of hydrogen-bond donors (Lipinski definition) is 2. The van der Waals surface area contributed by atoms with Crippen LogP contribution in [0.2, 0.25) is 0 Å². The van der Waals surface area contributed by atoms with Crippen molar-refractivity contribution in [3.63, 3.8) is 0 Å². The van der Waals surface area contributed by atoms with Gasteiger partial charge in [0, 0.05) is 22.4 Å². The molecule has 0 aliphatic rings. The third kappa shape index (κ3) is 3.08. The van der Waals surface area contributed by atoms with Gasteiger partial charge in [0.15, 0.2) is 0 Å². The molecule has 2 aromatic rings. The summed E-state index contributed by atoms with van der Waals surface area (Å²) in [6.45, 7) is 2.66. The Hall–Kier alpha value is -1.32. The largest absolute Gasteiger partial charge is 0.356 e. The first-order chi connectivity index (χ1) is 8.19. The first-order valence-corrected chi connectivity index (χ1v) is 6.30. The topological polar surface area (TPSA) is 38.0 Å². The zero-order chi connectivity index (χ0) is 12.3. The molecule has 0 aliphatic carbocycles. The molecule has 0 saturated heterocycles. The molecule has 0 unspecified atom stereocenters. The molecule has 0 atom stereocenters. The van der Waals surface area contributed by atoms with Gasteiger partial charge in [0.25, 0.3) is 0 Å². The van der Waals surface area contributed by atoms with Gasteiger partial charge in [-0.2, -0.15) is 0 Å². The van der Waals surface area contributed by atoms with E-state index in [0.29, 0.717) is 6.54 Å². The van der Waals surface area contributed by atoms with Gasteiger partial charge < -0.3 is 11.1 Å². The summed E-state index contributed by atoms with van der Waals surface area (Å²) < 4.78 is 1.13. The van der Waals surface area contributed by atoms with Crippen LogP contribution < -0.4 is 11.1 Å². The molecule has 0 spiro atoms. The molecule has 0 radical (unpaired) electrons. The van der Waals surface area contributed by atoms with Gasteiger partial charge in [-0.3, -0.25) is 0 Å². The molecule has 0 saturated carbocycles. The Balaban J connectivity index is 2.16. The number of rotatable bonds is 3. The van der Waals surface area contributed by atoms with Crippen molar-refractivity contribution in [2.24, 2.45) is 5.73 Å². The lowest BCUT2D eigenvalue weighted by molar-refractivity contribution is 1.07. The highest BCUT2D eigenvalue weighted by Crippen LogP contribution is 2.23. The van der Waals surface area contributed by atoms with Crippen molar-refractivity contribution in [2.75, 3.05) is 5.32 Å². The summed E-state index contributed by atoms with van der Waals surface area (Å²) in [5, 5.41) is 3.36. The van der Waals surface area contributed by atoms with Crippen LogP contribution >= 0.6 is 15.9 Å². The van der Waals surface area contributed by atoms with E-state index < -0.39 is 0 Å². The second-order valence-corrected chi connectivity index (χ2v) is 4.84. The fourth-order valence-corrected chi connectivity index (χ4v) is 1.86. The molecule has 2 aromatic carbocycles. The average Bonchev–Trinajstić information content (AvgIpc) is 2.35. The van der Waals surface area contributed by atoms with Crippen LogP contribution in [-0.4, -0.2) is 0 Å². The Kier molecular flexibility index (Phi) is 3.82. The molecular weight excluding hydrogens is 276 g/mol. The number of nitrogens with one attached hydrogen (secondary N) is 1. The summed E-state index contributed by atoms with van der Waals surface area (Å²) in [5.41, 5.74) is 10.1. The van der Waals surface area contributed by atoms with E-state index in [1.165, 1.54) is 5.56 Å². The lowest BCUT2D eigenvalue weighted by Gasteiger charge is -2.08. The minimum atomic E-state index is 0.581. The van der Waals surface area contributed by atoms with Gasteiger partial charge in [-0.05, 0) is 48.4 Å². The number of halogens is 1. The third-order valence-electron chi connectivity index (χ3n) is 2.64. The number of anilines is 2. The molecule has 88 valence electrons. The summed E-state index contributed by atoms with van der Waals surface area (Å²) in [6, 6.07) is 14.4. The van der Waals surface area contributed by atoms with Gasteiger partial charge in [-0.15, -0.1) is 0 Å². The highest BCUT2D eigenvalue weighted by molar-refractivity contribution is 9.10. The molecular formula is C14H15BrN2. The average molecular weight is 291 g/mol. The normalized spacial score (nSPS) is 10.3. The van der Waals surface area contributed by atoms with Crippen LogP contribution in [0.3, 0.4) is 0 Å². The van der Waals surface area contributed by atoms with Gasteiger partial charge in [0.05, 0.1) is 0 Å². The van der Waals surface area contributed by atoms with Gasteiger partial charge in [0.2, 0.25) is 0 Å². The van der Waals surface area contributed by atoms with Crippen molar-refractivity contribution in [2.45, 2.75) is 13.5 Å². The van der Waals surface area contributed by atoms with Crippen molar-refractivity contribution in [3.8, 4) is 0 Å². The Morgan fingerprint density at radius 1 is 1.06 bits per heavy atom. The standard InChI is InChI=1S/C14H15BrN2/c1-10-8-13(6-7-14(10)15)17-12-4-2-11(9-16)3-5-12/h2-8,17H,9,16H2,1H3. The molecule has 0 bridgehead atoms. The van der Waals surface area contributed by atoms with Crippen LogP contribution in [-0.2, 0) is 6.54 Å². The number of nitrogens with two attached hydrogens (primary N) is 1. The van der Waals surface area contributed by atoms with E-state index in [4.69, 9.17) is 5.73 Å². The van der Waals surface area contributed by atoms with E-state index in [1.54, 1.807) is 0 Å². The molecule has 0 heterocycles. The molecule has 3 heteroatoms. The van der Waals surface area contributed by atoms with E-state index in [2.05, 4.69) is 34.2 Å². The minimum Gasteiger partial charge on any atom is -0.356 e. The molecule has 2 nitrogen and oxygen atoms in total. The van der Waals surface area contributed by atoms with Crippen molar-refractivity contribution < 1.29 is 0 Å². The number of hydrogen-bond acceptors (Lipinski definition) is 2. The van der Waals surface area contributed by atoms with E-state index in [9.17, 15) is 0 Å². The molecule has 2 rings (SSSR count). The van der Waals surface area contributed by atoms with Crippen LogP contribution in [0.25, 0.3) is 0 Å². The fourth-order valence-electron chi connectivity index (χ4n) is 1.61.